The van der Waals surface area contributed by atoms with Crippen LogP contribution in [0.15, 0.2) is 24.3 Å². The van der Waals surface area contributed by atoms with E-state index in [0.29, 0.717) is 28.6 Å². The van der Waals surface area contributed by atoms with Crippen molar-refractivity contribution >= 4 is 34.1 Å². The third-order valence-corrected chi connectivity index (χ3v) is 7.19. The van der Waals surface area contributed by atoms with Gasteiger partial charge in [0.05, 0.1) is 12.7 Å². The zero-order chi connectivity index (χ0) is 23.4. The van der Waals surface area contributed by atoms with Gasteiger partial charge in [0.1, 0.15) is 5.00 Å². The van der Waals surface area contributed by atoms with Crippen LogP contribution in [0.5, 0.6) is 11.5 Å². The molecule has 3 N–H and O–H groups in total. The lowest BCUT2D eigenvalue weighted by atomic mass is 9.95. The molecule has 2 aliphatic rings. The number of hydrogen-bond donors (Lipinski definition) is 2. The SMILES string of the molecule is COc1ccccc1OCC(=O)N(CCC(=O)Nc1sc2c(c1C(N)=O)CCCC2)C1CC1. The van der Waals surface area contributed by atoms with Gasteiger partial charge in [-0.15, -0.1) is 11.3 Å². The summed E-state index contributed by atoms with van der Waals surface area (Å²) in [6, 6.07) is 7.30. The summed E-state index contributed by atoms with van der Waals surface area (Å²) in [5.41, 5.74) is 7.04. The number of aryl methyl sites for hydroxylation is 1. The molecule has 8 nitrogen and oxygen atoms in total. The number of anilines is 1. The van der Waals surface area contributed by atoms with Gasteiger partial charge in [-0.25, -0.2) is 0 Å². The maximum Gasteiger partial charge on any atom is 0.260 e. The zero-order valence-corrected chi connectivity index (χ0v) is 19.5. The summed E-state index contributed by atoms with van der Waals surface area (Å²) in [5.74, 6) is 0.155. The highest BCUT2D eigenvalue weighted by Crippen LogP contribution is 2.38. The number of thiophene rings is 1. The Bertz CT molecular complexity index is 1050. The lowest BCUT2D eigenvalue weighted by Crippen LogP contribution is -2.38. The summed E-state index contributed by atoms with van der Waals surface area (Å²) in [6.45, 7) is 0.170. The van der Waals surface area contributed by atoms with E-state index in [2.05, 4.69) is 5.32 Å². The molecule has 1 heterocycles. The Hall–Kier alpha value is -3.07. The first kappa shape index (κ1) is 23.1. The number of ether oxygens (including phenoxy) is 2. The van der Waals surface area contributed by atoms with Crippen LogP contribution >= 0.6 is 11.3 Å². The van der Waals surface area contributed by atoms with Gasteiger partial charge >= 0.3 is 0 Å². The third-order valence-electron chi connectivity index (χ3n) is 5.98. The van der Waals surface area contributed by atoms with Gasteiger partial charge in [0.25, 0.3) is 11.8 Å². The highest BCUT2D eigenvalue weighted by molar-refractivity contribution is 7.17. The van der Waals surface area contributed by atoms with E-state index in [1.807, 2.05) is 12.1 Å². The zero-order valence-electron chi connectivity index (χ0n) is 18.7. The number of hydrogen-bond acceptors (Lipinski definition) is 6. The summed E-state index contributed by atoms with van der Waals surface area (Å²) in [7, 11) is 1.55. The van der Waals surface area contributed by atoms with Gasteiger partial charge in [-0.05, 0) is 56.2 Å². The Morgan fingerprint density at radius 3 is 2.58 bits per heavy atom. The molecule has 176 valence electrons. The highest BCUT2D eigenvalue weighted by atomic mass is 32.1. The van der Waals surface area contributed by atoms with Gasteiger partial charge in [0, 0.05) is 23.9 Å². The first-order valence-corrected chi connectivity index (χ1v) is 12.1. The fourth-order valence-corrected chi connectivity index (χ4v) is 5.49. The van der Waals surface area contributed by atoms with Crippen LogP contribution in [0.4, 0.5) is 5.00 Å². The van der Waals surface area contributed by atoms with E-state index in [4.69, 9.17) is 15.2 Å². The molecular formula is C24H29N3O5S. The molecule has 0 spiro atoms. The molecule has 1 aromatic heterocycles. The van der Waals surface area contributed by atoms with Crippen molar-refractivity contribution in [1.29, 1.82) is 0 Å². The van der Waals surface area contributed by atoms with E-state index >= 15 is 0 Å². The minimum atomic E-state index is -0.507. The van der Waals surface area contributed by atoms with Crippen molar-refractivity contribution in [3.05, 3.63) is 40.3 Å². The molecule has 1 aromatic carbocycles. The summed E-state index contributed by atoms with van der Waals surface area (Å²) in [4.78, 5) is 40.4. The third kappa shape index (κ3) is 5.47. The van der Waals surface area contributed by atoms with Crippen molar-refractivity contribution in [2.45, 2.75) is 51.0 Å². The number of nitrogens with two attached hydrogens (primary N) is 1. The second-order valence-electron chi connectivity index (χ2n) is 8.34. The van der Waals surface area contributed by atoms with Crippen LogP contribution in [0, 0.1) is 0 Å². The number of amides is 3. The van der Waals surface area contributed by atoms with Gasteiger partial charge in [0.15, 0.2) is 18.1 Å². The van der Waals surface area contributed by atoms with Crippen LogP contribution in [-0.2, 0) is 22.4 Å². The standard InChI is InChI=1S/C24H29N3O5S/c1-31-17-7-3-4-8-18(17)32-14-21(29)27(15-10-11-15)13-12-20(28)26-24-22(23(25)30)16-6-2-5-9-19(16)33-24/h3-4,7-8,15H,2,5-6,9-14H2,1H3,(H2,25,30)(H,26,28). The van der Waals surface area contributed by atoms with Crippen LogP contribution < -0.4 is 20.5 Å². The number of nitrogens with zero attached hydrogens (tertiary/aromatic N) is 1. The molecular weight excluding hydrogens is 442 g/mol. The Labute approximate surface area is 197 Å². The number of carbonyl (C=O) groups is 3. The minimum Gasteiger partial charge on any atom is -0.493 e. The van der Waals surface area contributed by atoms with Gasteiger partial charge in [-0.1, -0.05) is 12.1 Å². The molecule has 0 saturated heterocycles. The Kier molecular flexibility index (Phi) is 7.17. The number of rotatable bonds is 10. The highest BCUT2D eigenvalue weighted by Gasteiger charge is 2.33. The number of para-hydroxylation sites is 2. The molecule has 2 aromatic rings. The van der Waals surface area contributed by atoms with E-state index in [0.717, 1.165) is 49.0 Å². The molecule has 9 heteroatoms. The second-order valence-corrected chi connectivity index (χ2v) is 9.44. The number of fused-ring (bicyclic) bond motifs is 1. The number of primary amides is 1. The molecule has 0 radical (unpaired) electrons. The number of methoxy groups -OCH3 is 1. The molecule has 0 aliphatic heterocycles. The Balaban J connectivity index is 1.35. The van der Waals surface area contributed by atoms with Crippen molar-refractivity contribution in [3.63, 3.8) is 0 Å². The van der Waals surface area contributed by atoms with Crippen LogP contribution in [0.1, 0.15) is 52.9 Å². The van der Waals surface area contributed by atoms with E-state index in [1.165, 1.54) is 11.3 Å². The lowest BCUT2D eigenvalue weighted by molar-refractivity contribution is -0.134. The van der Waals surface area contributed by atoms with Crippen LogP contribution in [0.2, 0.25) is 0 Å². The predicted octanol–water partition coefficient (Wildman–Crippen LogP) is 3.13. The number of carbonyl (C=O) groups excluding carboxylic acids is 3. The summed E-state index contributed by atoms with van der Waals surface area (Å²) in [5, 5.41) is 3.40. The fourth-order valence-electron chi connectivity index (χ4n) is 4.18. The van der Waals surface area contributed by atoms with Crippen molar-refractivity contribution in [2.75, 3.05) is 25.6 Å². The van der Waals surface area contributed by atoms with Crippen LogP contribution in [0.3, 0.4) is 0 Å². The monoisotopic (exact) mass is 471 g/mol. The van der Waals surface area contributed by atoms with E-state index in [1.54, 1.807) is 24.1 Å². The second kappa shape index (κ2) is 10.2. The quantitative estimate of drug-likeness (QED) is 0.553. The van der Waals surface area contributed by atoms with Crippen LogP contribution in [-0.4, -0.2) is 48.9 Å². The van der Waals surface area contributed by atoms with Gasteiger partial charge < -0.3 is 25.4 Å². The lowest BCUT2D eigenvalue weighted by Gasteiger charge is -2.22. The van der Waals surface area contributed by atoms with Crippen molar-refractivity contribution < 1.29 is 23.9 Å². The van der Waals surface area contributed by atoms with Gasteiger partial charge in [-0.3, -0.25) is 14.4 Å². The number of benzene rings is 1. The number of nitrogens with one attached hydrogen (secondary N) is 1. The summed E-state index contributed by atoms with van der Waals surface area (Å²) in [6.07, 6.45) is 5.80. The summed E-state index contributed by atoms with van der Waals surface area (Å²) >= 11 is 1.44. The molecule has 3 amide bonds. The smallest absolute Gasteiger partial charge is 0.260 e. The van der Waals surface area contributed by atoms with E-state index in [-0.39, 0.29) is 30.9 Å². The average molecular weight is 472 g/mol. The first-order chi connectivity index (χ1) is 16.0. The Morgan fingerprint density at radius 1 is 1.15 bits per heavy atom. The van der Waals surface area contributed by atoms with E-state index in [9.17, 15) is 14.4 Å². The predicted molar refractivity (Wildman–Crippen MR) is 126 cm³/mol. The van der Waals surface area contributed by atoms with Gasteiger partial charge in [0.2, 0.25) is 5.91 Å². The fraction of sp³-hybridized carbons (Fsp3) is 0.458. The minimum absolute atomic E-state index is 0.123. The normalized spacial score (nSPS) is 14.8. The summed E-state index contributed by atoms with van der Waals surface area (Å²) < 4.78 is 10.9. The molecule has 0 bridgehead atoms. The van der Waals surface area contributed by atoms with Crippen molar-refractivity contribution in [1.82, 2.24) is 4.90 Å². The van der Waals surface area contributed by atoms with Crippen molar-refractivity contribution in [3.8, 4) is 11.5 Å². The largest absolute Gasteiger partial charge is 0.493 e. The molecule has 0 atom stereocenters. The topological polar surface area (TPSA) is 111 Å². The molecule has 2 aliphatic carbocycles. The van der Waals surface area contributed by atoms with E-state index < -0.39 is 5.91 Å². The molecule has 4 rings (SSSR count). The first-order valence-electron chi connectivity index (χ1n) is 11.3. The maximum atomic E-state index is 12.8. The maximum absolute atomic E-state index is 12.8. The average Bonchev–Trinajstić information content (AvgIpc) is 3.57. The van der Waals surface area contributed by atoms with Crippen molar-refractivity contribution in [2.24, 2.45) is 5.73 Å². The van der Waals surface area contributed by atoms with Crippen LogP contribution in [0.25, 0.3) is 0 Å². The molecule has 0 unspecified atom stereocenters. The molecule has 33 heavy (non-hydrogen) atoms. The Morgan fingerprint density at radius 2 is 1.88 bits per heavy atom. The molecule has 1 saturated carbocycles. The molecule has 1 fully saturated rings. The van der Waals surface area contributed by atoms with Gasteiger partial charge in [-0.2, -0.15) is 0 Å².